The first-order valence-electron chi connectivity index (χ1n) is 7.89. The molecule has 0 radical (unpaired) electrons. The minimum Gasteiger partial charge on any atom is -0.315 e. The van der Waals surface area contributed by atoms with Crippen LogP contribution in [-0.2, 0) is 10.0 Å². The molecular formula is C17H19N3O4S. The standard InChI is InChI=1S/C17H19N3O4S/c21-17(19-22)13-6-8-14(9-7-13)20(15-10-11-18-12-15)25(23,24)16-4-2-1-3-5-16/h1-9,15,18,22H,10-12H2,(H,19,21). The molecule has 1 aliphatic rings. The number of amides is 1. The summed E-state index contributed by atoms with van der Waals surface area (Å²) in [7, 11) is -3.73. The van der Waals surface area contributed by atoms with Crippen LogP contribution in [0.25, 0.3) is 0 Å². The highest BCUT2D eigenvalue weighted by Crippen LogP contribution is 2.28. The second kappa shape index (κ2) is 7.22. The molecule has 0 spiro atoms. The van der Waals surface area contributed by atoms with Crippen LogP contribution in [0.15, 0.2) is 59.5 Å². The van der Waals surface area contributed by atoms with Gasteiger partial charge in [-0.15, -0.1) is 0 Å². The van der Waals surface area contributed by atoms with Gasteiger partial charge in [0.2, 0.25) is 0 Å². The molecule has 25 heavy (non-hydrogen) atoms. The molecule has 132 valence electrons. The van der Waals surface area contributed by atoms with Crippen molar-refractivity contribution in [3.05, 3.63) is 60.2 Å². The Hall–Kier alpha value is -2.42. The van der Waals surface area contributed by atoms with Crippen molar-refractivity contribution in [1.29, 1.82) is 0 Å². The molecule has 3 rings (SSSR count). The number of nitrogens with zero attached hydrogens (tertiary/aromatic N) is 1. The van der Waals surface area contributed by atoms with Gasteiger partial charge >= 0.3 is 0 Å². The van der Waals surface area contributed by atoms with Gasteiger partial charge in [0.1, 0.15) is 0 Å². The topological polar surface area (TPSA) is 98.7 Å². The molecule has 0 aliphatic carbocycles. The van der Waals surface area contributed by atoms with Crippen molar-refractivity contribution in [2.75, 3.05) is 17.4 Å². The van der Waals surface area contributed by atoms with Crippen molar-refractivity contribution in [3.63, 3.8) is 0 Å². The smallest absolute Gasteiger partial charge is 0.274 e. The van der Waals surface area contributed by atoms with Crippen LogP contribution in [-0.4, -0.2) is 38.7 Å². The average Bonchev–Trinajstić information content (AvgIpc) is 3.16. The molecule has 1 fully saturated rings. The maximum atomic E-state index is 13.2. The van der Waals surface area contributed by atoms with Crippen LogP contribution in [0.4, 0.5) is 5.69 Å². The Bertz CT molecular complexity index is 832. The van der Waals surface area contributed by atoms with E-state index in [-0.39, 0.29) is 16.5 Å². The number of hydrogen-bond acceptors (Lipinski definition) is 5. The summed E-state index contributed by atoms with van der Waals surface area (Å²) in [5.74, 6) is -0.647. The molecule has 2 aromatic carbocycles. The lowest BCUT2D eigenvalue weighted by molar-refractivity contribution is 0.0706. The van der Waals surface area contributed by atoms with Crippen LogP contribution < -0.4 is 15.1 Å². The highest BCUT2D eigenvalue weighted by Gasteiger charge is 2.33. The number of rotatable bonds is 5. The first kappa shape index (κ1) is 17.4. The van der Waals surface area contributed by atoms with Crippen molar-refractivity contribution in [3.8, 4) is 0 Å². The molecule has 1 aliphatic heterocycles. The van der Waals surface area contributed by atoms with E-state index in [1.807, 2.05) is 0 Å². The number of sulfonamides is 1. The average molecular weight is 361 g/mol. The zero-order chi connectivity index (χ0) is 17.9. The molecule has 1 atom stereocenters. The van der Waals surface area contributed by atoms with Crippen molar-refractivity contribution >= 4 is 21.6 Å². The predicted molar refractivity (Wildman–Crippen MR) is 93.1 cm³/mol. The van der Waals surface area contributed by atoms with Gasteiger partial charge in [0.15, 0.2) is 0 Å². The minimum atomic E-state index is -3.73. The molecule has 3 N–H and O–H groups in total. The molecular weight excluding hydrogens is 342 g/mol. The molecule has 7 nitrogen and oxygen atoms in total. The van der Waals surface area contributed by atoms with Gasteiger partial charge in [-0.2, -0.15) is 0 Å². The van der Waals surface area contributed by atoms with Gasteiger partial charge < -0.3 is 5.32 Å². The third-order valence-electron chi connectivity index (χ3n) is 4.15. The van der Waals surface area contributed by atoms with E-state index in [0.717, 1.165) is 6.54 Å². The van der Waals surface area contributed by atoms with Gasteiger partial charge in [0.05, 0.1) is 16.6 Å². The van der Waals surface area contributed by atoms with Crippen molar-refractivity contribution < 1.29 is 18.4 Å². The largest absolute Gasteiger partial charge is 0.315 e. The van der Waals surface area contributed by atoms with E-state index < -0.39 is 15.9 Å². The molecule has 8 heteroatoms. The Kier molecular flexibility index (Phi) is 5.03. The molecule has 1 heterocycles. The number of hydrogen-bond donors (Lipinski definition) is 3. The van der Waals surface area contributed by atoms with Crippen molar-refractivity contribution in [1.82, 2.24) is 10.8 Å². The fourth-order valence-electron chi connectivity index (χ4n) is 2.92. The molecule has 1 unspecified atom stereocenters. The third kappa shape index (κ3) is 3.51. The fourth-order valence-corrected chi connectivity index (χ4v) is 4.62. The number of hydroxylamine groups is 1. The Morgan fingerprint density at radius 1 is 1.12 bits per heavy atom. The van der Waals surface area contributed by atoms with Crippen molar-refractivity contribution in [2.24, 2.45) is 0 Å². The highest BCUT2D eigenvalue weighted by molar-refractivity contribution is 7.92. The Balaban J connectivity index is 2.02. The number of benzene rings is 2. The van der Waals surface area contributed by atoms with Crippen LogP contribution in [0, 0.1) is 0 Å². The fraction of sp³-hybridized carbons (Fsp3) is 0.235. The summed E-state index contributed by atoms with van der Waals surface area (Å²) >= 11 is 0. The number of carbonyl (C=O) groups is 1. The second-order valence-corrected chi connectivity index (χ2v) is 7.56. The quantitative estimate of drug-likeness (QED) is 0.552. The summed E-state index contributed by atoms with van der Waals surface area (Å²) < 4.78 is 27.8. The summed E-state index contributed by atoms with van der Waals surface area (Å²) in [4.78, 5) is 11.7. The van der Waals surface area contributed by atoms with Gasteiger partial charge in [-0.05, 0) is 49.4 Å². The maximum Gasteiger partial charge on any atom is 0.274 e. The van der Waals surface area contributed by atoms with Gasteiger partial charge in [-0.1, -0.05) is 18.2 Å². The van der Waals surface area contributed by atoms with Gasteiger partial charge in [-0.25, -0.2) is 13.9 Å². The minimum absolute atomic E-state index is 0.206. The molecule has 0 bridgehead atoms. The maximum absolute atomic E-state index is 13.2. The third-order valence-corrected chi connectivity index (χ3v) is 6.05. The summed E-state index contributed by atoms with van der Waals surface area (Å²) in [6.45, 7) is 1.31. The van der Waals surface area contributed by atoms with E-state index in [1.54, 1.807) is 47.9 Å². The van der Waals surface area contributed by atoms with Crippen LogP contribution in [0.1, 0.15) is 16.8 Å². The Morgan fingerprint density at radius 2 is 1.80 bits per heavy atom. The van der Waals surface area contributed by atoms with Crippen LogP contribution in [0.5, 0.6) is 0 Å². The first-order chi connectivity index (χ1) is 12.0. The molecule has 0 aromatic heterocycles. The van der Waals surface area contributed by atoms with Crippen LogP contribution in [0.2, 0.25) is 0 Å². The van der Waals surface area contributed by atoms with Crippen molar-refractivity contribution in [2.45, 2.75) is 17.4 Å². The van der Waals surface area contributed by atoms with E-state index >= 15 is 0 Å². The zero-order valence-corrected chi connectivity index (χ0v) is 14.2. The Morgan fingerprint density at radius 3 is 2.36 bits per heavy atom. The summed E-state index contributed by atoms with van der Waals surface area (Å²) in [6.07, 6.45) is 0.699. The highest BCUT2D eigenvalue weighted by atomic mass is 32.2. The van der Waals surface area contributed by atoms with Crippen LogP contribution >= 0.6 is 0 Å². The number of nitrogens with one attached hydrogen (secondary N) is 2. The molecule has 2 aromatic rings. The predicted octanol–water partition coefficient (Wildman–Crippen LogP) is 1.36. The SMILES string of the molecule is O=C(NO)c1ccc(N(C2CCNC2)S(=O)(=O)c2ccccc2)cc1. The van der Waals surface area contributed by atoms with E-state index in [4.69, 9.17) is 5.21 Å². The number of anilines is 1. The molecule has 0 saturated carbocycles. The first-order valence-corrected chi connectivity index (χ1v) is 9.33. The van der Waals surface area contributed by atoms with E-state index in [1.165, 1.54) is 16.4 Å². The summed E-state index contributed by atoms with van der Waals surface area (Å²) in [6, 6.07) is 14.2. The lowest BCUT2D eigenvalue weighted by Crippen LogP contribution is -2.41. The van der Waals surface area contributed by atoms with E-state index in [0.29, 0.717) is 18.7 Å². The zero-order valence-electron chi connectivity index (χ0n) is 13.4. The van der Waals surface area contributed by atoms with Gasteiger partial charge in [0, 0.05) is 12.1 Å². The Labute approximate surface area is 146 Å². The lowest BCUT2D eigenvalue weighted by Gasteiger charge is -2.30. The van der Waals surface area contributed by atoms with Gasteiger partial charge in [-0.3, -0.25) is 14.3 Å². The number of carbonyl (C=O) groups excluding carboxylic acids is 1. The van der Waals surface area contributed by atoms with E-state index in [2.05, 4.69) is 5.32 Å². The summed E-state index contributed by atoms with van der Waals surface area (Å²) in [5, 5.41) is 11.9. The molecule has 1 amide bonds. The normalized spacial score (nSPS) is 17.2. The van der Waals surface area contributed by atoms with Crippen LogP contribution in [0.3, 0.4) is 0 Å². The lowest BCUT2D eigenvalue weighted by atomic mass is 10.1. The van der Waals surface area contributed by atoms with E-state index in [9.17, 15) is 13.2 Å². The monoisotopic (exact) mass is 361 g/mol. The van der Waals surface area contributed by atoms with Gasteiger partial charge in [0.25, 0.3) is 15.9 Å². The second-order valence-electron chi connectivity index (χ2n) is 5.75. The summed E-state index contributed by atoms with van der Waals surface area (Å²) in [5.41, 5.74) is 2.28. The molecule has 1 saturated heterocycles.